The molecule has 0 unspecified atom stereocenters. The summed E-state index contributed by atoms with van der Waals surface area (Å²) in [5, 5.41) is 2.49. The summed E-state index contributed by atoms with van der Waals surface area (Å²) < 4.78 is 54.2. The molecule has 1 aliphatic heterocycles. The van der Waals surface area contributed by atoms with Gasteiger partial charge in [-0.25, -0.2) is 21.2 Å². The van der Waals surface area contributed by atoms with E-state index in [1.165, 1.54) is 10.0 Å². The van der Waals surface area contributed by atoms with Crippen molar-refractivity contribution in [3.63, 3.8) is 0 Å². The number of hydrogen-bond donors (Lipinski definition) is 1. The standard InChI is InChI=1S/C24H26F2N4O3S/c25-19-9-10-23(22(26)16-19)27-24(31)18-29-12-5-11-28(14-15-29)17-20-6-4-13-30(20)34(32,33)21-7-2-1-3-8-21/h1-4,6-10,13,16H,5,11-12,14-15,17-18H2,(H,27,31). The molecular formula is C24H26F2N4O3S. The van der Waals surface area contributed by atoms with Crippen molar-refractivity contribution >= 4 is 21.6 Å². The van der Waals surface area contributed by atoms with E-state index < -0.39 is 21.7 Å². The predicted molar refractivity (Wildman–Crippen MR) is 125 cm³/mol. The van der Waals surface area contributed by atoms with Crippen LogP contribution in [0.1, 0.15) is 12.1 Å². The second kappa shape index (κ2) is 10.5. The van der Waals surface area contributed by atoms with Gasteiger partial charge in [0.25, 0.3) is 10.0 Å². The first-order chi connectivity index (χ1) is 16.3. The fraction of sp³-hybridized carbons (Fsp3) is 0.292. The highest BCUT2D eigenvalue weighted by Gasteiger charge is 2.22. The van der Waals surface area contributed by atoms with E-state index in [1.807, 2.05) is 4.90 Å². The average Bonchev–Trinajstić information content (AvgIpc) is 3.18. The summed E-state index contributed by atoms with van der Waals surface area (Å²) in [5.74, 6) is -1.89. The van der Waals surface area contributed by atoms with Crippen molar-refractivity contribution in [3.05, 3.63) is 84.2 Å². The molecule has 10 heteroatoms. The molecule has 1 aliphatic rings. The van der Waals surface area contributed by atoms with Crippen molar-refractivity contribution in [2.45, 2.75) is 17.9 Å². The largest absolute Gasteiger partial charge is 0.322 e. The Morgan fingerprint density at radius 1 is 0.912 bits per heavy atom. The van der Waals surface area contributed by atoms with Gasteiger partial charge < -0.3 is 5.32 Å². The summed E-state index contributed by atoms with van der Waals surface area (Å²) in [7, 11) is -3.68. The van der Waals surface area contributed by atoms with E-state index in [2.05, 4.69) is 10.2 Å². The predicted octanol–water partition coefficient (Wildman–Crippen LogP) is 3.15. The van der Waals surface area contributed by atoms with Gasteiger partial charge in [-0.1, -0.05) is 18.2 Å². The smallest absolute Gasteiger partial charge is 0.267 e. The zero-order chi connectivity index (χ0) is 24.1. The van der Waals surface area contributed by atoms with Crippen molar-refractivity contribution in [1.29, 1.82) is 0 Å². The number of benzene rings is 2. The highest BCUT2D eigenvalue weighted by atomic mass is 32.2. The van der Waals surface area contributed by atoms with E-state index in [1.54, 1.807) is 48.7 Å². The van der Waals surface area contributed by atoms with Gasteiger partial charge in [0.05, 0.1) is 17.1 Å². The van der Waals surface area contributed by atoms with E-state index in [-0.39, 0.29) is 23.0 Å². The van der Waals surface area contributed by atoms with Crippen LogP contribution in [-0.4, -0.2) is 60.8 Å². The molecule has 1 N–H and O–H groups in total. The number of hydrogen-bond acceptors (Lipinski definition) is 5. The van der Waals surface area contributed by atoms with E-state index in [0.717, 1.165) is 25.1 Å². The summed E-state index contributed by atoms with van der Waals surface area (Å²) in [6.07, 6.45) is 2.35. The Morgan fingerprint density at radius 2 is 1.65 bits per heavy atom. The molecule has 1 amide bonds. The van der Waals surface area contributed by atoms with Crippen molar-refractivity contribution in [1.82, 2.24) is 13.8 Å². The first-order valence-corrected chi connectivity index (χ1v) is 12.4. The number of anilines is 1. The lowest BCUT2D eigenvalue weighted by Gasteiger charge is -2.22. The molecule has 1 fully saturated rings. The van der Waals surface area contributed by atoms with Crippen LogP contribution in [0.15, 0.2) is 71.8 Å². The number of aromatic nitrogens is 1. The van der Waals surface area contributed by atoms with Crippen LogP contribution < -0.4 is 5.32 Å². The molecule has 0 atom stereocenters. The molecule has 180 valence electrons. The molecule has 0 spiro atoms. The fourth-order valence-electron chi connectivity index (χ4n) is 4.02. The SMILES string of the molecule is O=C(CN1CCCN(Cc2cccn2S(=O)(=O)c2ccccc2)CC1)Nc1ccc(F)cc1F. The molecule has 2 heterocycles. The normalized spacial score (nSPS) is 15.7. The topological polar surface area (TPSA) is 74.7 Å². The molecule has 3 aromatic rings. The van der Waals surface area contributed by atoms with Gasteiger partial charge >= 0.3 is 0 Å². The van der Waals surface area contributed by atoms with Crippen LogP contribution in [0.4, 0.5) is 14.5 Å². The monoisotopic (exact) mass is 488 g/mol. The van der Waals surface area contributed by atoms with Gasteiger partial charge in [-0.3, -0.25) is 14.6 Å². The molecular weight excluding hydrogens is 462 g/mol. The average molecular weight is 489 g/mol. The number of nitrogens with zero attached hydrogens (tertiary/aromatic N) is 3. The summed E-state index contributed by atoms with van der Waals surface area (Å²) in [4.78, 5) is 16.7. The van der Waals surface area contributed by atoms with Crippen LogP contribution in [0.3, 0.4) is 0 Å². The second-order valence-electron chi connectivity index (χ2n) is 8.19. The Balaban J connectivity index is 1.35. The Bertz CT molecular complexity index is 1250. The third-order valence-corrected chi connectivity index (χ3v) is 7.47. The maximum Gasteiger partial charge on any atom is 0.267 e. The Morgan fingerprint density at radius 3 is 2.41 bits per heavy atom. The fourth-order valence-corrected chi connectivity index (χ4v) is 5.40. The number of halogens is 2. The van der Waals surface area contributed by atoms with Crippen LogP contribution in [0.5, 0.6) is 0 Å². The number of amides is 1. The number of rotatable bonds is 7. The molecule has 4 rings (SSSR count). The van der Waals surface area contributed by atoms with Crippen molar-refractivity contribution < 1.29 is 22.0 Å². The van der Waals surface area contributed by atoms with E-state index in [9.17, 15) is 22.0 Å². The van der Waals surface area contributed by atoms with Gasteiger partial charge in [0, 0.05) is 37.6 Å². The van der Waals surface area contributed by atoms with Crippen molar-refractivity contribution in [3.8, 4) is 0 Å². The summed E-state index contributed by atoms with van der Waals surface area (Å²) in [5.41, 5.74) is 0.616. The lowest BCUT2D eigenvalue weighted by Crippen LogP contribution is -2.36. The van der Waals surface area contributed by atoms with Gasteiger partial charge in [0.15, 0.2) is 0 Å². The van der Waals surface area contributed by atoms with Gasteiger partial charge in [-0.05, 0) is 55.9 Å². The van der Waals surface area contributed by atoms with Crippen LogP contribution in [-0.2, 0) is 21.4 Å². The zero-order valence-electron chi connectivity index (χ0n) is 18.5. The summed E-state index contributed by atoms with van der Waals surface area (Å²) in [6, 6.07) is 14.9. The molecule has 0 saturated carbocycles. The number of nitrogens with one attached hydrogen (secondary N) is 1. The molecule has 34 heavy (non-hydrogen) atoms. The third kappa shape index (κ3) is 5.69. The maximum absolute atomic E-state index is 13.8. The van der Waals surface area contributed by atoms with Crippen LogP contribution >= 0.6 is 0 Å². The molecule has 2 aromatic carbocycles. The Hall–Kier alpha value is -3.08. The highest BCUT2D eigenvalue weighted by Crippen LogP contribution is 2.19. The lowest BCUT2D eigenvalue weighted by atomic mass is 10.3. The van der Waals surface area contributed by atoms with Crippen LogP contribution in [0, 0.1) is 11.6 Å². The van der Waals surface area contributed by atoms with Gasteiger partial charge in [-0.2, -0.15) is 0 Å². The van der Waals surface area contributed by atoms with E-state index in [4.69, 9.17) is 0 Å². The summed E-state index contributed by atoms with van der Waals surface area (Å²) in [6.45, 7) is 3.23. The molecule has 1 saturated heterocycles. The minimum atomic E-state index is -3.68. The van der Waals surface area contributed by atoms with E-state index >= 15 is 0 Å². The number of carbonyl (C=O) groups excluding carboxylic acids is 1. The Kier molecular flexibility index (Phi) is 7.40. The number of carbonyl (C=O) groups is 1. The van der Waals surface area contributed by atoms with Crippen LogP contribution in [0.25, 0.3) is 0 Å². The second-order valence-corrected chi connectivity index (χ2v) is 10.0. The van der Waals surface area contributed by atoms with Gasteiger partial charge in [-0.15, -0.1) is 0 Å². The first kappa shape index (κ1) is 24.1. The first-order valence-electron chi connectivity index (χ1n) is 11.0. The lowest BCUT2D eigenvalue weighted by molar-refractivity contribution is -0.117. The highest BCUT2D eigenvalue weighted by molar-refractivity contribution is 7.90. The zero-order valence-corrected chi connectivity index (χ0v) is 19.3. The molecule has 1 aromatic heterocycles. The molecule has 0 aliphatic carbocycles. The third-order valence-electron chi connectivity index (χ3n) is 5.73. The molecule has 0 radical (unpaired) electrons. The van der Waals surface area contributed by atoms with Gasteiger partial charge in [0.2, 0.25) is 5.91 Å². The molecule has 0 bridgehead atoms. The van der Waals surface area contributed by atoms with Crippen molar-refractivity contribution in [2.24, 2.45) is 0 Å². The quantitative estimate of drug-likeness (QED) is 0.553. The van der Waals surface area contributed by atoms with Crippen LogP contribution in [0.2, 0.25) is 0 Å². The Labute approximate surface area is 197 Å². The van der Waals surface area contributed by atoms with Gasteiger partial charge in [0.1, 0.15) is 11.6 Å². The van der Waals surface area contributed by atoms with E-state index in [0.29, 0.717) is 31.9 Å². The van der Waals surface area contributed by atoms with Crippen molar-refractivity contribution in [2.75, 3.05) is 38.0 Å². The summed E-state index contributed by atoms with van der Waals surface area (Å²) >= 11 is 0. The minimum absolute atomic E-state index is 0.0526. The minimum Gasteiger partial charge on any atom is -0.322 e. The molecule has 7 nitrogen and oxygen atoms in total. The maximum atomic E-state index is 13.8.